The lowest BCUT2D eigenvalue weighted by atomic mass is 9.90. The van der Waals surface area contributed by atoms with Gasteiger partial charge in [0.25, 0.3) is 0 Å². The molecule has 1 heterocycles. The van der Waals surface area contributed by atoms with E-state index in [2.05, 4.69) is 0 Å². The van der Waals surface area contributed by atoms with Crippen molar-refractivity contribution in [3.05, 3.63) is 66.0 Å². The molecular weight excluding hydrogens is 345 g/mol. The van der Waals surface area contributed by atoms with Crippen LogP contribution in [0.4, 0.5) is 4.39 Å². The number of piperidine rings is 1. The second kappa shape index (κ2) is 9.31. The van der Waals surface area contributed by atoms with Crippen LogP contribution in [0.15, 0.2) is 54.6 Å². The first kappa shape index (κ1) is 19.1. The zero-order valence-corrected chi connectivity index (χ0v) is 15.3. The van der Waals surface area contributed by atoms with Crippen LogP contribution in [0, 0.1) is 11.7 Å². The lowest BCUT2D eigenvalue weighted by Crippen LogP contribution is -2.42. The van der Waals surface area contributed by atoms with Crippen LogP contribution in [0.1, 0.15) is 36.0 Å². The highest BCUT2D eigenvalue weighted by Crippen LogP contribution is 2.22. The molecule has 1 aliphatic rings. The maximum absolute atomic E-state index is 13.0. The molecule has 3 rings (SSSR count). The van der Waals surface area contributed by atoms with Crippen molar-refractivity contribution in [2.24, 2.45) is 5.92 Å². The molecule has 2 aromatic rings. The van der Waals surface area contributed by atoms with Gasteiger partial charge in [0.15, 0.2) is 5.78 Å². The van der Waals surface area contributed by atoms with E-state index in [0.717, 1.165) is 18.6 Å². The average molecular weight is 369 g/mol. The summed E-state index contributed by atoms with van der Waals surface area (Å²) in [5.74, 6) is 0.273. The fourth-order valence-corrected chi connectivity index (χ4v) is 3.36. The van der Waals surface area contributed by atoms with E-state index in [1.165, 1.54) is 24.3 Å². The average Bonchev–Trinajstić information content (AvgIpc) is 2.72. The van der Waals surface area contributed by atoms with Gasteiger partial charge < -0.3 is 9.64 Å². The molecule has 2 aromatic carbocycles. The van der Waals surface area contributed by atoms with E-state index in [1.54, 1.807) is 4.90 Å². The topological polar surface area (TPSA) is 46.6 Å². The summed E-state index contributed by atoms with van der Waals surface area (Å²) >= 11 is 0. The Kier molecular flexibility index (Phi) is 6.58. The molecule has 0 saturated carbocycles. The van der Waals surface area contributed by atoms with Crippen molar-refractivity contribution in [1.29, 1.82) is 0 Å². The predicted octanol–water partition coefficient (Wildman–Crippen LogP) is 4.11. The largest absolute Gasteiger partial charge is 0.494 e. The molecule has 1 amide bonds. The molecule has 1 fully saturated rings. The maximum atomic E-state index is 13.0. The Balaban J connectivity index is 1.46. The van der Waals surface area contributed by atoms with Crippen molar-refractivity contribution >= 4 is 11.7 Å². The van der Waals surface area contributed by atoms with Gasteiger partial charge in [0.1, 0.15) is 11.6 Å². The fourth-order valence-electron chi connectivity index (χ4n) is 3.36. The number of amides is 1. The minimum Gasteiger partial charge on any atom is -0.494 e. The number of likely N-dealkylation sites (tertiary alicyclic amines) is 1. The van der Waals surface area contributed by atoms with Crippen LogP contribution in [0.2, 0.25) is 0 Å². The molecule has 0 aromatic heterocycles. The number of carbonyl (C=O) groups is 2. The molecule has 0 radical (unpaired) electrons. The van der Waals surface area contributed by atoms with Gasteiger partial charge in [-0.25, -0.2) is 4.39 Å². The van der Waals surface area contributed by atoms with E-state index in [-0.39, 0.29) is 23.4 Å². The summed E-state index contributed by atoms with van der Waals surface area (Å²) in [5.41, 5.74) is 0.506. The molecule has 27 heavy (non-hydrogen) atoms. The highest BCUT2D eigenvalue weighted by molar-refractivity contribution is 5.98. The first-order valence-corrected chi connectivity index (χ1v) is 9.39. The summed E-state index contributed by atoms with van der Waals surface area (Å²) in [6.45, 7) is 1.61. The zero-order chi connectivity index (χ0) is 19.1. The SMILES string of the molecule is O=C(c1ccc(F)cc1)C1CCCN(C(=O)CCCOc2ccccc2)C1. The number of nitrogens with zero attached hydrogens (tertiary/aromatic N) is 1. The third kappa shape index (κ3) is 5.39. The van der Waals surface area contributed by atoms with Crippen molar-refractivity contribution < 1.29 is 18.7 Å². The van der Waals surface area contributed by atoms with Crippen LogP contribution >= 0.6 is 0 Å². The number of hydrogen-bond donors (Lipinski definition) is 0. The Morgan fingerprint density at radius 1 is 1.07 bits per heavy atom. The molecule has 4 nitrogen and oxygen atoms in total. The first-order valence-electron chi connectivity index (χ1n) is 9.39. The Labute approximate surface area is 158 Å². The summed E-state index contributed by atoms with van der Waals surface area (Å²) in [6.07, 6.45) is 2.62. The van der Waals surface area contributed by atoms with Gasteiger partial charge in [-0.15, -0.1) is 0 Å². The molecule has 1 unspecified atom stereocenters. The number of carbonyl (C=O) groups excluding carboxylic acids is 2. The summed E-state index contributed by atoms with van der Waals surface area (Å²) < 4.78 is 18.7. The highest BCUT2D eigenvalue weighted by atomic mass is 19.1. The number of para-hydroxylation sites is 1. The fraction of sp³-hybridized carbons (Fsp3) is 0.364. The standard InChI is InChI=1S/C22H24FNO3/c23-19-12-10-17(11-13-19)22(26)18-6-4-14-24(16-18)21(25)9-5-15-27-20-7-2-1-3-8-20/h1-3,7-8,10-13,18H,4-6,9,14-16H2. The van der Waals surface area contributed by atoms with E-state index >= 15 is 0 Å². The molecule has 0 N–H and O–H groups in total. The van der Waals surface area contributed by atoms with Crippen LogP contribution in [-0.4, -0.2) is 36.3 Å². The van der Waals surface area contributed by atoms with E-state index < -0.39 is 0 Å². The molecule has 0 aliphatic carbocycles. The smallest absolute Gasteiger partial charge is 0.222 e. The van der Waals surface area contributed by atoms with Gasteiger partial charge >= 0.3 is 0 Å². The van der Waals surface area contributed by atoms with Gasteiger partial charge in [-0.05, 0) is 55.7 Å². The number of halogens is 1. The minimum absolute atomic E-state index is 0.0140. The van der Waals surface area contributed by atoms with Crippen molar-refractivity contribution in [2.75, 3.05) is 19.7 Å². The number of benzene rings is 2. The van der Waals surface area contributed by atoms with E-state index in [9.17, 15) is 14.0 Å². The van der Waals surface area contributed by atoms with Crippen molar-refractivity contribution in [3.8, 4) is 5.75 Å². The van der Waals surface area contributed by atoms with E-state index in [4.69, 9.17) is 4.74 Å². The maximum Gasteiger partial charge on any atom is 0.222 e. The van der Waals surface area contributed by atoms with Crippen LogP contribution in [0.3, 0.4) is 0 Å². The van der Waals surface area contributed by atoms with Crippen LogP contribution in [0.5, 0.6) is 5.75 Å². The number of rotatable bonds is 7. The quantitative estimate of drug-likeness (QED) is 0.545. The number of Topliss-reactive ketones (excluding diaryl/α,β-unsaturated/α-hetero) is 1. The molecule has 142 valence electrons. The second-order valence-corrected chi connectivity index (χ2v) is 6.82. The van der Waals surface area contributed by atoms with Crippen LogP contribution < -0.4 is 4.74 Å². The molecule has 1 saturated heterocycles. The molecular formula is C22H24FNO3. The van der Waals surface area contributed by atoms with E-state index in [1.807, 2.05) is 30.3 Å². The molecule has 5 heteroatoms. The molecule has 0 bridgehead atoms. The summed E-state index contributed by atoms with van der Waals surface area (Å²) in [6, 6.07) is 15.1. The van der Waals surface area contributed by atoms with Gasteiger partial charge in [0, 0.05) is 31.0 Å². The molecule has 1 atom stereocenters. The Morgan fingerprint density at radius 3 is 2.56 bits per heavy atom. The number of hydrogen-bond acceptors (Lipinski definition) is 3. The monoisotopic (exact) mass is 369 g/mol. The van der Waals surface area contributed by atoms with Gasteiger partial charge in [-0.1, -0.05) is 18.2 Å². The summed E-state index contributed by atoms with van der Waals surface area (Å²) in [5, 5.41) is 0. The number of ketones is 1. The lowest BCUT2D eigenvalue weighted by molar-refractivity contribution is -0.132. The third-order valence-electron chi connectivity index (χ3n) is 4.82. The van der Waals surface area contributed by atoms with Crippen LogP contribution in [0.25, 0.3) is 0 Å². The second-order valence-electron chi connectivity index (χ2n) is 6.82. The van der Waals surface area contributed by atoms with Crippen LogP contribution in [-0.2, 0) is 4.79 Å². The minimum atomic E-state index is -0.357. The van der Waals surface area contributed by atoms with E-state index in [0.29, 0.717) is 38.1 Å². The Morgan fingerprint density at radius 2 is 1.81 bits per heavy atom. The van der Waals surface area contributed by atoms with Crippen molar-refractivity contribution in [3.63, 3.8) is 0 Å². The van der Waals surface area contributed by atoms with Gasteiger partial charge in [-0.3, -0.25) is 9.59 Å². The van der Waals surface area contributed by atoms with Crippen molar-refractivity contribution in [1.82, 2.24) is 4.90 Å². The predicted molar refractivity (Wildman–Crippen MR) is 101 cm³/mol. The zero-order valence-electron chi connectivity index (χ0n) is 15.3. The summed E-state index contributed by atoms with van der Waals surface area (Å²) in [7, 11) is 0. The summed E-state index contributed by atoms with van der Waals surface area (Å²) in [4.78, 5) is 26.9. The highest BCUT2D eigenvalue weighted by Gasteiger charge is 2.28. The molecule has 1 aliphatic heterocycles. The normalized spacial score (nSPS) is 16.8. The molecule has 0 spiro atoms. The number of ether oxygens (including phenoxy) is 1. The Bertz CT molecular complexity index is 761. The Hall–Kier alpha value is -2.69. The van der Waals surface area contributed by atoms with Crippen molar-refractivity contribution in [2.45, 2.75) is 25.7 Å². The first-order chi connectivity index (χ1) is 13.1. The van der Waals surface area contributed by atoms with Gasteiger partial charge in [0.2, 0.25) is 5.91 Å². The lowest BCUT2D eigenvalue weighted by Gasteiger charge is -2.32. The van der Waals surface area contributed by atoms with Gasteiger partial charge in [-0.2, -0.15) is 0 Å². The third-order valence-corrected chi connectivity index (χ3v) is 4.82. The van der Waals surface area contributed by atoms with Gasteiger partial charge in [0.05, 0.1) is 6.61 Å².